The molecule has 0 spiro atoms. The summed E-state index contributed by atoms with van der Waals surface area (Å²) in [7, 11) is 0. The van der Waals surface area contributed by atoms with Crippen molar-refractivity contribution in [2.45, 2.75) is 13.3 Å². The Morgan fingerprint density at radius 1 is 1.70 bits per heavy atom. The van der Waals surface area contributed by atoms with Crippen molar-refractivity contribution in [1.29, 1.82) is 0 Å². The number of nitrogens with one attached hydrogen (secondary N) is 1. The minimum atomic E-state index is -0.329. The molecule has 3 nitrogen and oxygen atoms in total. The largest absolute Gasteiger partial charge is 0.369 e. The van der Waals surface area contributed by atoms with Gasteiger partial charge in [-0.2, -0.15) is 0 Å². The Morgan fingerprint density at radius 2 is 2.40 bits per heavy atom. The van der Waals surface area contributed by atoms with Crippen molar-refractivity contribution in [2.75, 3.05) is 13.1 Å². The summed E-state index contributed by atoms with van der Waals surface area (Å²) in [5.74, 6) is 5.28. The molecule has 0 aromatic rings. The zero-order valence-electron chi connectivity index (χ0n) is 6.11. The minimum Gasteiger partial charge on any atom is -0.369 e. The molecule has 0 heterocycles. The first-order valence-electron chi connectivity index (χ1n) is 3.16. The zero-order valence-corrected chi connectivity index (χ0v) is 6.11. The molecule has 0 radical (unpaired) electrons. The van der Waals surface area contributed by atoms with Crippen molar-refractivity contribution in [3.63, 3.8) is 0 Å². The minimum absolute atomic E-state index is 0.241. The van der Waals surface area contributed by atoms with Crippen molar-refractivity contribution < 1.29 is 4.79 Å². The SMILES string of the molecule is CC#CCCNCC(N)=O. The van der Waals surface area contributed by atoms with Crippen LogP contribution in [0, 0.1) is 11.8 Å². The molecule has 0 saturated heterocycles. The normalized spacial score (nSPS) is 8.10. The van der Waals surface area contributed by atoms with E-state index in [-0.39, 0.29) is 12.5 Å². The number of amides is 1. The highest BCUT2D eigenvalue weighted by Gasteiger charge is 1.89. The molecule has 0 aliphatic heterocycles. The van der Waals surface area contributed by atoms with E-state index >= 15 is 0 Å². The second kappa shape index (κ2) is 6.12. The van der Waals surface area contributed by atoms with Crippen LogP contribution in [0.1, 0.15) is 13.3 Å². The number of hydrogen-bond acceptors (Lipinski definition) is 2. The van der Waals surface area contributed by atoms with Gasteiger partial charge >= 0.3 is 0 Å². The number of carbonyl (C=O) groups excluding carboxylic acids is 1. The summed E-state index contributed by atoms with van der Waals surface area (Å²) in [6, 6.07) is 0. The van der Waals surface area contributed by atoms with Crippen molar-refractivity contribution in [3.8, 4) is 11.8 Å². The average Bonchev–Trinajstić information content (AvgIpc) is 1.87. The molecule has 1 amide bonds. The fourth-order valence-corrected chi connectivity index (χ4v) is 0.487. The zero-order chi connectivity index (χ0) is 7.82. The lowest BCUT2D eigenvalue weighted by atomic mass is 10.4. The molecular formula is C7H12N2O. The van der Waals surface area contributed by atoms with Gasteiger partial charge in [0.15, 0.2) is 0 Å². The average molecular weight is 140 g/mol. The van der Waals surface area contributed by atoms with Gasteiger partial charge in [0.25, 0.3) is 0 Å². The van der Waals surface area contributed by atoms with E-state index in [9.17, 15) is 4.79 Å². The maximum absolute atomic E-state index is 10.2. The van der Waals surface area contributed by atoms with E-state index < -0.39 is 0 Å². The lowest BCUT2D eigenvalue weighted by molar-refractivity contribution is -0.117. The van der Waals surface area contributed by atoms with Gasteiger partial charge in [0.05, 0.1) is 6.54 Å². The summed E-state index contributed by atoms with van der Waals surface area (Å²) in [6.45, 7) is 2.75. The maximum Gasteiger partial charge on any atom is 0.231 e. The third-order valence-electron chi connectivity index (χ3n) is 0.903. The molecule has 0 aromatic heterocycles. The van der Waals surface area contributed by atoms with Gasteiger partial charge in [-0.1, -0.05) is 0 Å². The lowest BCUT2D eigenvalue weighted by Gasteiger charge is -1.95. The molecule has 0 bridgehead atoms. The fraction of sp³-hybridized carbons (Fsp3) is 0.571. The van der Waals surface area contributed by atoms with Crippen LogP contribution >= 0.6 is 0 Å². The summed E-state index contributed by atoms with van der Waals surface area (Å²) < 4.78 is 0. The molecule has 0 aliphatic carbocycles. The van der Waals surface area contributed by atoms with E-state index in [4.69, 9.17) is 5.73 Å². The first-order valence-corrected chi connectivity index (χ1v) is 3.16. The van der Waals surface area contributed by atoms with Crippen LogP contribution in [0.3, 0.4) is 0 Å². The van der Waals surface area contributed by atoms with Gasteiger partial charge in [0.2, 0.25) is 5.91 Å². The first-order chi connectivity index (χ1) is 4.77. The summed E-state index contributed by atoms with van der Waals surface area (Å²) in [6.07, 6.45) is 0.768. The van der Waals surface area contributed by atoms with Crippen molar-refractivity contribution in [1.82, 2.24) is 5.32 Å². The van der Waals surface area contributed by atoms with E-state index in [1.165, 1.54) is 0 Å². The van der Waals surface area contributed by atoms with E-state index in [2.05, 4.69) is 17.2 Å². The third kappa shape index (κ3) is 6.99. The Morgan fingerprint density at radius 3 is 2.90 bits per heavy atom. The molecule has 0 aromatic carbocycles. The van der Waals surface area contributed by atoms with E-state index in [1.54, 1.807) is 6.92 Å². The Balaban J connectivity index is 3.03. The molecule has 3 N–H and O–H groups in total. The molecule has 3 heteroatoms. The van der Waals surface area contributed by atoms with E-state index in [1.807, 2.05) is 0 Å². The predicted octanol–water partition coefficient (Wildman–Crippen LogP) is -0.525. The van der Waals surface area contributed by atoms with Crippen LogP contribution in [0.15, 0.2) is 0 Å². The van der Waals surface area contributed by atoms with Gasteiger partial charge in [0.1, 0.15) is 0 Å². The highest BCUT2D eigenvalue weighted by atomic mass is 16.1. The van der Waals surface area contributed by atoms with Gasteiger partial charge in [-0.3, -0.25) is 4.79 Å². The van der Waals surface area contributed by atoms with Gasteiger partial charge in [0, 0.05) is 13.0 Å². The molecule has 0 atom stereocenters. The van der Waals surface area contributed by atoms with Crippen LogP contribution < -0.4 is 11.1 Å². The van der Waals surface area contributed by atoms with E-state index in [0.717, 1.165) is 13.0 Å². The molecule has 56 valence electrons. The monoisotopic (exact) mass is 140 g/mol. The quantitative estimate of drug-likeness (QED) is 0.407. The fourth-order valence-electron chi connectivity index (χ4n) is 0.487. The Labute approximate surface area is 61.0 Å². The number of rotatable bonds is 4. The van der Waals surface area contributed by atoms with Crippen LogP contribution in [-0.4, -0.2) is 19.0 Å². The van der Waals surface area contributed by atoms with Crippen LogP contribution in [0.2, 0.25) is 0 Å². The van der Waals surface area contributed by atoms with E-state index in [0.29, 0.717) is 0 Å². The highest BCUT2D eigenvalue weighted by Crippen LogP contribution is 1.69. The second-order valence-electron chi connectivity index (χ2n) is 1.82. The Hall–Kier alpha value is -1.01. The first kappa shape index (κ1) is 8.99. The van der Waals surface area contributed by atoms with Crippen LogP contribution in [0.4, 0.5) is 0 Å². The summed E-state index contributed by atoms with van der Waals surface area (Å²) in [4.78, 5) is 10.2. The smallest absolute Gasteiger partial charge is 0.231 e. The summed E-state index contributed by atoms with van der Waals surface area (Å²) in [5, 5.41) is 2.84. The predicted molar refractivity (Wildman–Crippen MR) is 40.1 cm³/mol. The maximum atomic E-state index is 10.2. The van der Waals surface area contributed by atoms with Gasteiger partial charge in [-0.25, -0.2) is 0 Å². The van der Waals surface area contributed by atoms with Gasteiger partial charge < -0.3 is 11.1 Å². The molecule has 0 saturated carbocycles. The Bertz CT molecular complexity index is 155. The third-order valence-corrected chi connectivity index (χ3v) is 0.903. The van der Waals surface area contributed by atoms with Crippen LogP contribution in [0.5, 0.6) is 0 Å². The standard InChI is InChI=1S/C7H12N2O/c1-2-3-4-5-9-6-7(8)10/h9H,4-6H2,1H3,(H2,8,10). The van der Waals surface area contributed by atoms with Crippen molar-refractivity contribution in [2.24, 2.45) is 5.73 Å². The van der Waals surface area contributed by atoms with Crippen LogP contribution in [-0.2, 0) is 4.79 Å². The number of hydrogen-bond donors (Lipinski definition) is 2. The molecule has 10 heavy (non-hydrogen) atoms. The molecular weight excluding hydrogens is 128 g/mol. The molecule has 0 rings (SSSR count). The van der Waals surface area contributed by atoms with Crippen molar-refractivity contribution >= 4 is 5.91 Å². The summed E-state index contributed by atoms with van der Waals surface area (Å²) in [5.41, 5.74) is 4.87. The topological polar surface area (TPSA) is 55.1 Å². The lowest BCUT2D eigenvalue weighted by Crippen LogP contribution is -2.28. The highest BCUT2D eigenvalue weighted by molar-refractivity contribution is 5.75. The number of carbonyl (C=O) groups is 1. The number of primary amides is 1. The molecule has 0 unspecified atom stereocenters. The Kier molecular flexibility index (Phi) is 5.50. The van der Waals surface area contributed by atoms with Gasteiger partial charge in [-0.15, -0.1) is 11.8 Å². The molecule has 0 aliphatic rings. The van der Waals surface area contributed by atoms with Crippen molar-refractivity contribution in [3.05, 3.63) is 0 Å². The second-order valence-corrected chi connectivity index (χ2v) is 1.82. The molecule has 0 fully saturated rings. The van der Waals surface area contributed by atoms with Crippen LogP contribution in [0.25, 0.3) is 0 Å². The summed E-state index contributed by atoms with van der Waals surface area (Å²) >= 11 is 0. The number of nitrogens with two attached hydrogens (primary N) is 1. The van der Waals surface area contributed by atoms with Gasteiger partial charge in [-0.05, 0) is 6.92 Å².